The standard InChI is InChI=1S/C14H18N4O.ClH/c19-13(7-6-11-4-2-8-15-11)17-12-5-1-3-10-9-16-18-14(10)12;/h1,3,5,9,11,15H,2,4,6-8H2,(H,16,18)(H,17,19);1H. The molecule has 3 rings (SSSR count). The normalized spacial score (nSPS) is 17.9. The Morgan fingerprint density at radius 1 is 1.45 bits per heavy atom. The number of aromatic nitrogens is 2. The molecule has 1 unspecified atom stereocenters. The number of rotatable bonds is 4. The van der Waals surface area contributed by atoms with Crippen LogP contribution in [-0.4, -0.2) is 28.7 Å². The second kappa shape index (κ2) is 6.72. The third-order valence-electron chi connectivity index (χ3n) is 3.63. The number of carbonyl (C=O) groups excluding carboxylic acids is 1. The van der Waals surface area contributed by atoms with Gasteiger partial charge in [0.25, 0.3) is 0 Å². The zero-order chi connectivity index (χ0) is 13.1. The number of H-pyrrole nitrogens is 1. The van der Waals surface area contributed by atoms with E-state index in [2.05, 4.69) is 20.8 Å². The molecule has 0 aliphatic carbocycles. The van der Waals surface area contributed by atoms with Crippen molar-refractivity contribution in [1.29, 1.82) is 0 Å². The van der Waals surface area contributed by atoms with Crippen molar-refractivity contribution in [3.63, 3.8) is 0 Å². The lowest BCUT2D eigenvalue weighted by Gasteiger charge is -2.10. The average molecular weight is 295 g/mol. The Morgan fingerprint density at radius 2 is 2.35 bits per heavy atom. The minimum atomic E-state index is 0. The van der Waals surface area contributed by atoms with Crippen LogP contribution >= 0.6 is 12.4 Å². The maximum absolute atomic E-state index is 12.0. The molecule has 0 bridgehead atoms. The van der Waals surface area contributed by atoms with Crippen LogP contribution in [0.25, 0.3) is 10.9 Å². The molecule has 3 N–H and O–H groups in total. The number of nitrogens with zero attached hydrogens (tertiary/aromatic N) is 1. The van der Waals surface area contributed by atoms with Gasteiger partial charge >= 0.3 is 0 Å². The molecule has 0 saturated carbocycles. The van der Waals surface area contributed by atoms with Gasteiger partial charge in [0, 0.05) is 17.8 Å². The Bertz CT molecular complexity index is 577. The molecule has 1 amide bonds. The third kappa shape index (κ3) is 3.29. The highest BCUT2D eigenvalue weighted by atomic mass is 35.5. The second-order valence-electron chi connectivity index (χ2n) is 5.02. The number of para-hydroxylation sites is 1. The van der Waals surface area contributed by atoms with E-state index in [1.54, 1.807) is 6.20 Å². The summed E-state index contributed by atoms with van der Waals surface area (Å²) in [5.74, 6) is 0.0656. The number of hydrogen-bond donors (Lipinski definition) is 3. The minimum absolute atomic E-state index is 0. The number of nitrogens with one attached hydrogen (secondary N) is 3. The van der Waals surface area contributed by atoms with Gasteiger partial charge in [-0.3, -0.25) is 9.89 Å². The SMILES string of the molecule is Cl.O=C(CCC1CCCN1)Nc1cccc2cn[nH]c12. The summed E-state index contributed by atoms with van der Waals surface area (Å²) in [5, 5.41) is 14.3. The topological polar surface area (TPSA) is 69.8 Å². The van der Waals surface area contributed by atoms with Crippen molar-refractivity contribution in [2.45, 2.75) is 31.7 Å². The van der Waals surface area contributed by atoms with Crippen molar-refractivity contribution in [3.05, 3.63) is 24.4 Å². The van der Waals surface area contributed by atoms with E-state index in [0.29, 0.717) is 12.5 Å². The highest BCUT2D eigenvalue weighted by Crippen LogP contribution is 2.21. The Labute approximate surface area is 123 Å². The summed E-state index contributed by atoms with van der Waals surface area (Å²) in [7, 11) is 0. The molecule has 6 heteroatoms. The van der Waals surface area contributed by atoms with Gasteiger partial charge in [-0.05, 0) is 31.9 Å². The maximum Gasteiger partial charge on any atom is 0.224 e. The van der Waals surface area contributed by atoms with Crippen molar-refractivity contribution in [3.8, 4) is 0 Å². The van der Waals surface area contributed by atoms with Crippen LogP contribution in [0, 0.1) is 0 Å². The Kier molecular flexibility index (Phi) is 4.98. The molecule has 0 radical (unpaired) electrons. The van der Waals surface area contributed by atoms with Gasteiger partial charge in [-0.1, -0.05) is 12.1 Å². The monoisotopic (exact) mass is 294 g/mol. The van der Waals surface area contributed by atoms with Gasteiger partial charge in [0.1, 0.15) is 0 Å². The Balaban J connectivity index is 0.00000147. The van der Waals surface area contributed by atoms with Crippen LogP contribution < -0.4 is 10.6 Å². The molecule has 108 valence electrons. The van der Waals surface area contributed by atoms with Crippen LogP contribution in [0.1, 0.15) is 25.7 Å². The zero-order valence-corrected chi connectivity index (χ0v) is 12.0. The summed E-state index contributed by atoms with van der Waals surface area (Å²) in [6, 6.07) is 6.29. The van der Waals surface area contributed by atoms with Crippen molar-refractivity contribution in [2.75, 3.05) is 11.9 Å². The molecule has 2 aromatic rings. The highest BCUT2D eigenvalue weighted by molar-refractivity contribution is 6.00. The van der Waals surface area contributed by atoms with E-state index in [0.717, 1.165) is 29.6 Å². The number of aromatic amines is 1. The first-order valence-corrected chi connectivity index (χ1v) is 6.78. The predicted molar refractivity (Wildman–Crippen MR) is 82.2 cm³/mol. The molecule has 1 atom stereocenters. The van der Waals surface area contributed by atoms with Gasteiger partial charge < -0.3 is 10.6 Å². The number of fused-ring (bicyclic) bond motifs is 1. The summed E-state index contributed by atoms with van der Waals surface area (Å²) in [6.07, 6.45) is 5.63. The summed E-state index contributed by atoms with van der Waals surface area (Å²) in [5.41, 5.74) is 1.69. The van der Waals surface area contributed by atoms with E-state index in [9.17, 15) is 4.79 Å². The summed E-state index contributed by atoms with van der Waals surface area (Å²) in [4.78, 5) is 12.0. The first kappa shape index (κ1) is 14.8. The smallest absolute Gasteiger partial charge is 0.224 e. The molecule has 5 nitrogen and oxygen atoms in total. The van der Waals surface area contributed by atoms with Gasteiger partial charge in [-0.2, -0.15) is 5.10 Å². The fourth-order valence-corrected chi connectivity index (χ4v) is 2.59. The largest absolute Gasteiger partial charge is 0.324 e. The number of halogens is 1. The number of hydrogen-bond acceptors (Lipinski definition) is 3. The minimum Gasteiger partial charge on any atom is -0.324 e. The highest BCUT2D eigenvalue weighted by Gasteiger charge is 2.15. The van der Waals surface area contributed by atoms with Gasteiger partial charge in [-0.15, -0.1) is 12.4 Å². The lowest BCUT2D eigenvalue weighted by molar-refractivity contribution is -0.116. The van der Waals surface area contributed by atoms with Gasteiger partial charge in [0.05, 0.1) is 17.4 Å². The number of carbonyl (C=O) groups is 1. The number of anilines is 1. The fraction of sp³-hybridized carbons (Fsp3) is 0.429. The van der Waals surface area contributed by atoms with Crippen molar-refractivity contribution >= 4 is 34.9 Å². The van der Waals surface area contributed by atoms with E-state index < -0.39 is 0 Å². The molecule has 1 aromatic heterocycles. The first-order chi connectivity index (χ1) is 9.33. The van der Waals surface area contributed by atoms with E-state index in [-0.39, 0.29) is 18.3 Å². The van der Waals surface area contributed by atoms with Crippen LogP contribution in [-0.2, 0) is 4.79 Å². The molecular formula is C14H19ClN4O. The molecule has 1 aromatic carbocycles. The maximum atomic E-state index is 12.0. The predicted octanol–water partition coefficient (Wildman–Crippen LogP) is 2.46. The molecule has 1 aliphatic heterocycles. The van der Waals surface area contributed by atoms with Crippen LogP contribution in [0.4, 0.5) is 5.69 Å². The molecule has 0 spiro atoms. The van der Waals surface area contributed by atoms with Crippen molar-refractivity contribution < 1.29 is 4.79 Å². The number of benzene rings is 1. The average Bonchev–Trinajstić information content (AvgIpc) is 3.08. The third-order valence-corrected chi connectivity index (χ3v) is 3.63. The quantitative estimate of drug-likeness (QED) is 0.811. The van der Waals surface area contributed by atoms with Crippen LogP contribution in [0.2, 0.25) is 0 Å². The van der Waals surface area contributed by atoms with Crippen molar-refractivity contribution in [1.82, 2.24) is 15.5 Å². The second-order valence-corrected chi connectivity index (χ2v) is 5.02. The fourth-order valence-electron chi connectivity index (χ4n) is 2.59. The van der Waals surface area contributed by atoms with E-state index in [1.165, 1.54) is 12.8 Å². The van der Waals surface area contributed by atoms with Gasteiger partial charge in [0.15, 0.2) is 0 Å². The molecule has 20 heavy (non-hydrogen) atoms. The lowest BCUT2D eigenvalue weighted by atomic mass is 10.1. The molecule has 1 fully saturated rings. The Morgan fingerprint density at radius 3 is 3.15 bits per heavy atom. The summed E-state index contributed by atoms with van der Waals surface area (Å²) < 4.78 is 0. The Hall–Kier alpha value is -1.59. The first-order valence-electron chi connectivity index (χ1n) is 6.78. The van der Waals surface area contributed by atoms with Crippen molar-refractivity contribution in [2.24, 2.45) is 0 Å². The van der Waals surface area contributed by atoms with Crippen LogP contribution in [0.3, 0.4) is 0 Å². The summed E-state index contributed by atoms with van der Waals surface area (Å²) >= 11 is 0. The van der Waals surface area contributed by atoms with Crippen LogP contribution in [0.5, 0.6) is 0 Å². The van der Waals surface area contributed by atoms with Gasteiger partial charge in [-0.25, -0.2) is 0 Å². The zero-order valence-electron chi connectivity index (χ0n) is 11.2. The molecule has 2 heterocycles. The molecule has 1 aliphatic rings. The molecule has 1 saturated heterocycles. The van der Waals surface area contributed by atoms with E-state index in [1.807, 2.05) is 18.2 Å². The van der Waals surface area contributed by atoms with Gasteiger partial charge in [0.2, 0.25) is 5.91 Å². The van der Waals surface area contributed by atoms with E-state index >= 15 is 0 Å². The summed E-state index contributed by atoms with van der Waals surface area (Å²) in [6.45, 7) is 1.08. The molecular weight excluding hydrogens is 276 g/mol. The lowest BCUT2D eigenvalue weighted by Crippen LogP contribution is -2.23. The van der Waals surface area contributed by atoms with Crippen LogP contribution in [0.15, 0.2) is 24.4 Å². The van der Waals surface area contributed by atoms with E-state index in [4.69, 9.17) is 0 Å². The number of amides is 1.